The molecule has 0 aromatic heterocycles. The first-order valence-corrected chi connectivity index (χ1v) is 8.35. The molecule has 2 rings (SSSR count). The number of nitrogens with zero attached hydrogens (tertiary/aromatic N) is 1. The number of nitrogen functional groups attached to an aromatic ring is 1. The van der Waals surface area contributed by atoms with Gasteiger partial charge in [0.05, 0.1) is 0 Å². The van der Waals surface area contributed by atoms with Crippen molar-refractivity contribution in [2.75, 3.05) is 18.8 Å². The highest BCUT2D eigenvalue weighted by atomic mass is 16.5. The van der Waals surface area contributed by atoms with Crippen LogP contribution in [0.15, 0.2) is 36.4 Å². The Bertz CT molecular complexity index is 622. The second kappa shape index (κ2) is 9.46. The minimum atomic E-state index is -0.448. The Morgan fingerprint density at radius 2 is 1.64 bits per heavy atom. The highest BCUT2D eigenvalue weighted by molar-refractivity contribution is 6.12. The number of carbonyl (C=O) groups excluding carboxylic acids is 3. The SMILES string of the molecule is Nc1ccc(COC(=O)NCCCCCCN2C(=O)C=CC2=O)cc1. The van der Waals surface area contributed by atoms with Gasteiger partial charge in [0, 0.05) is 30.9 Å². The molecule has 7 heteroatoms. The first-order chi connectivity index (χ1) is 12.1. The lowest BCUT2D eigenvalue weighted by Gasteiger charge is -2.13. The van der Waals surface area contributed by atoms with Gasteiger partial charge in [-0.2, -0.15) is 0 Å². The Morgan fingerprint density at radius 3 is 2.32 bits per heavy atom. The largest absolute Gasteiger partial charge is 0.445 e. The van der Waals surface area contributed by atoms with E-state index in [9.17, 15) is 14.4 Å². The third-order valence-electron chi connectivity index (χ3n) is 3.83. The number of imide groups is 1. The van der Waals surface area contributed by atoms with Crippen LogP contribution in [0, 0.1) is 0 Å². The van der Waals surface area contributed by atoms with Crippen molar-refractivity contribution in [1.29, 1.82) is 0 Å². The highest BCUT2D eigenvalue weighted by Gasteiger charge is 2.21. The molecular weight excluding hydrogens is 322 g/mol. The molecule has 0 bridgehead atoms. The molecule has 0 atom stereocenters. The molecule has 0 unspecified atom stereocenters. The van der Waals surface area contributed by atoms with Crippen molar-refractivity contribution in [1.82, 2.24) is 10.2 Å². The highest BCUT2D eigenvalue weighted by Crippen LogP contribution is 2.08. The first kappa shape index (κ1) is 18.5. The van der Waals surface area contributed by atoms with E-state index in [-0.39, 0.29) is 18.4 Å². The van der Waals surface area contributed by atoms with E-state index in [4.69, 9.17) is 10.5 Å². The molecule has 1 aromatic rings. The van der Waals surface area contributed by atoms with Crippen LogP contribution in [0.2, 0.25) is 0 Å². The third-order valence-corrected chi connectivity index (χ3v) is 3.83. The number of rotatable bonds is 9. The molecule has 0 saturated heterocycles. The monoisotopic (exact) mass is 345 g/mol. The van der Waals surface area contributed by atoms with E-state index < -0.39 is 6.09 Å². The second-order valence-electron chi connectivity index (χ2n) is 5.82. The number of nitrogens with one attached hydrogen (secondary N) is 1. The molecule has 0 spiro atoms. The average Bonchev–Trinajstić information content (AvgIpc) is 2.92. The van der Waals surface area contributed by atoms with Crippen molar-refractivity contribution in [2.45, 2.75) is 32.3 Å². The molecule has 0 radical (unpaired) electrons. The Balaban J connectivity index is 1.47. The van der Waals surface area contributed by atoms with Gasteiger partial charge >= 0.3 is 6.09 Å². The number of anilines is 1. The normalized spacial score (nSPS) is 13.4. The smallest absolute Gasteiger partial charge is 0.407 e. The molecule has 3 amide bonds. The van der Waals surface area contributed by atoms with Gasteiger partial charge in [0.1, 0.15) is 6.61 Å². The summed E-state index contributed by atoms with van der Waals surface area (Å²) < 4.78 is 5.11. The lowest BCUT2D eigenvalue weighted by Crippen LogP contribution is -2.30. The fourth-order valence-corrected chi connectivity index (χ4v) is 2.40. The zero-order valence-corrected chi connectivity index (χ0v) is 14.1. The van der Waals surface area contributed by atoms with Crippen molar-refractivity contribution in [2.24, 2.45) is 0 Å². The van der Waals surface area contributed by atoms with Crippen molar-refractivity contribution in [3.8, 4) is 0 Å². The number of unbranched alkanes of at least 4 members (excludes halogenated alkanes) is 3. The molecule has 25 heavy (non-hydrogen) atoms. The number of amides is 3. The van der Waals surface area contributed by atoms with E-state index in [0.717, 1.165) is 31.2 Å². The van der Waals surface area contributed by atoms with Gasteiger partial charge in [-0.1, -0.05) is 25.0 Å². The number of ether oxygens (including phenoxy) is 1. The predicted octanol–water partition coefficient (Wildman–Crippen LogP) is 1.98. The Kier molecular flexibility index (Phi) is 7.00. The molecule has 1 aromatic carbocycles. The van der Waals surface area contributed by atoms with Crippen molar-refractivity contribution < 1.29 is 19.1 Å². The third kappa shape index (κ3) is 6.29. The fraction of sp³-hybridized carbons (Fsp3) is 0.389. The van der Waals surface area contributed by atoms with Gasteiger partial charge in [0.15, 0.2) is 0 Å². The van der Waals surface area contributed by atoms with Crippen LogP contribution in [-0.4, -0.2) is 35.9 Å². The van der Waals surface area contributed by atoms with Gasteiger partial charge in [-0.15, -0.1) is 0 Å². The van der Waals surface area contributed by atoms with E-state index >= 15 is 0 Å². The van der Waals surface area contributed by atoms with E-state index in [1.165, 1.54) is 17.1 Å². The van der Waals surface area contributed by atoms with Gasteiger partial charge in [-0.25, -0.2) is 4.79 Å². The zero-order valence-electron chi connectivity index (χ0n) is 14.1. The van der Waals surface area contributed by atoms with Crippen LogP contribution in [0.1, 0.15) is 31.2 Å². The lowest BCUT2D eigenvalue weighted by molar-refractivity contribution is -0.136. The van der Waals surface area contributed by atoms with Gasteiger partial charge in [-0.05, 0) is 30.5 Å². The number of hydrogen-bond donors (Lipinski definition) is 2. The predicted molar refractivity (Wildman–Crippen MR) is 93.4 cm³/mol. The van der Waals surface area contributed by atoms with Crippen LogP contribution in [0.4, 0.5) is 10.5 Å². The molecule has 7 nitrogen and oxygen atoms in total. The Hall–Kier alpha value is -2.83. The van der Waals surface area contributed by atoms with Crippen LogP contribution in [-0.2, 0) is 20.9 Å². The van der Waals surface area contributed by atoms with Crippen molar-refractivity contribution in [3.05, 3.63) is 42.0 Å². The maximum Gasteiger partial charge on any atom is 0.407 e. The topological polar surface area (TPSA) is 102 Å². The first-order valence-electron chi connectivity index (χ1n) is 8.35. The number of nitrogens with two attached hydrogens (primary N) is 1. The number of benzene rings is 1. The summed E-state index contributed by atoms with van der Waals surface area (Å²) in [6, 6.07) is 7.15. The number of alkyl carbamates (subject to hydrolysis) is 1. The van der Waals surface area contributed by atoms with Gasteiger partial charge in [-0.3, -0.25) is 14.5 Å². The lowest BCUT2D eigenvalue weighted by atomic mass is 10.2. The van der Waals surface area contributed by atoms with Crippen molar-refractivity contribution >= 4 is 23.6 Å². The van der Waals surface area contributed by atoms with Gasteiger partial charge < -0.3 is 15.8 Å². The minimum absolute atomic E-state index is 0.206. The number of carbonyl (C=O) groups is 3. The fourth-order valence-electron chi connectivity index (χ4n) is 2.40. The summed E-state index contributed by atoms with van der Waals surface area (Å²) in [6.45, 7) is 1.18. The van der Waals surface area contributed by atoms with Gasteiger partial charge in [0.25, 0.3) is 11.8 Å². The summed E-state index contributed by atoms with van der Waals surface area (Å²) in [5.74, 6) is -0.481. The standard InChI is InChI=1S/C18H23N3O4/c19-15-7-5-14(6-8-15)13-25-18(24)20-11-3-1-2-4-12-21-16(22)9-10-17(21)23/h5-10H,1-4,11-13,19H2,(H,20,24). The molecular formula is C18H23N3O4. The molecule has 1 aliphatic rings. The van der Waals surface area contributed by atoms with Crippen LogP contribution >= 0.6 is 0 Å². The van der Waals surface area contributed by atoms with Gasteiger partial charge in [0.2, 0.25) is 0 Å². The minimum Gasteiger partial charge on any atom is -0.445 e. The van der Waals surface area contributed by atoms with Crippen molar-refractivity contribution in [3.63, 3.8) is 0 Å². The van der Waals surface area contributed by atoms with E-state index in [1.807, 2.05) is 12.1 Å². The molecule has 1 aliphatic heterocycles. The number of hydrogen-bond acceptors (Lipinski definition) is 5. The second-order valence-corrected chi connectivity index (χ2v) is 5.82. The maximum absolute atomic E-state index is 11.6. The quantitative estimate of drug-likeness (QED) is 0.405. The summed E-state index contributed by atoms with van der Waals surface area (Å²) >= 11 is 0. The maximum atomic E-state index is 11.6. The Morgan fingerprint density at radius 1 is 1.00 bits per heavy atom. The van der Waals surface area contributed by atoms with Crippen LogP contribution < -0.4 is 11.1 Å². The molecule has 0 saturated carbocycles. The molecule has 3 N–H and O–H groups in total. The van der Waals surface area contributed by atoms with E-state index in [2.05, 4.69) is 5.32 Å². The Labute approximate surface area is 146 Å². The van der Waals surface area contributed by atoms with E-state index in [1.54, 1.807) is 12.1 Å². The summed E-state index contributed by atoms with van der Waals surface area (Å²) in [4.78, 5) is 35.5. The average molecular weight is 345 g/mol. The van der Waals surface area contributed by atoms with Crippen LogP contribution in [0.3, 0.4) is 0 Å². The molecule has 1 heterocycles. The molecule has 0 aliphatic carbocycles. The zero-order chi connectivity index (χ0) is 18.1. The molecule has 0 fully saturated rings. The van der Waals surface area contributed by atoms with E-state index in [0.29, 0.717) is 18.8 Å². The summed E-state index contributed by atoms with van der Waals surface area (Å²) in [7, 11) is 0. The summed E-state index contributed by atoms with van der Waals surface area (Å²) in [5.41, 5.74) is 7.14. The summed E-state index contributed by atoms with van der Waals surface area (Å²) in [6.07, 6.45) is 5.51. The van der Waals surface area contributed by atoms with Crippen LogP contribution in [0.25, 0.3) is 0 Å². The van der Waals surface area contributed by atoms with Crippen LogP contribution in [0.5, 0.6) is 0 Å². The molecule has 134 valence electrons. The summed E-state index contributed by atoms with van der Waals surface area (Å²) in [5, 5.41) is 2.70.